The van der Waals surface area contributed by atoms with Crippen LogP contribution in [-0.4, -0.2) is 14.6 Å². The highest BCUT2D eigenvalue weighted by Crippen LogP contribution is 2.09. The highest BCUT2D eigenvalue weighted by Gasteiger charge is 2.03. The monoisotopic (exact) mass is 266 g/mol. The van der Waals surface area contributed by atoms with Crippen LogP contribution in [0.15, 0.2) is 42.6 Å². The van der Waals surface area contributed by atoms with Crippen LogP contribution in [0.4, 0.5) is 0 Å². The SMILES string of the molecule is Cc1cc(C)cc(CNCc2nnc3ccccn23)c1. The molecule has 0 fully saturated rings. The highest BCUT2D eigenvalue weighted by molar-refractivity contribution is 5.37. The predicted octanol–water partition coefficient (Wildman–Crippen LogP) is 2.64. The fourth-order valence-corrected chi connectivity index (χ4v) is 2.50. The summed E-state index contributed by atoms with van der Waals surface area (Å²) in [6.07, 6.45) is 1.99. The Morgan fingerprint density at radius 3 is 2.60 bits per heavy atom. The molecule has 3 aromatic rings. The molecule has 0 bridgehead atoms. The molecule has 0 aliphatic heterocycles. The van der Waals surface area contributed by atoms with E-state index < -0.39 is 0 Å². The Bertz CT molecular complexity index is 710. The molecule has 0 aliphatic carbocycles. The molecule has 0 amide bonds. The molecule has 2 aromatic heterocycles. The van der Waals surface area contributed by atoms with Crippen molar-refractivity contribution in [2.24, 2.45) is 0 Å². The van der Waals surface area contributed by atoms with Gasteiger partial charge in [-0.1, -0.05) is 35.4 Å². The summed E-state index contributed by atoms with van der Waals surface area (Å²) >= 11 is 0. The fourth-order valence-electron chi connectivity index (χ4n) is 2.50. The Hall–Kier alpha value is -2.20. The van der Waals surface area contributed by atoms with Gasteiger partial charge in [0.05, 0.1) is 6.54 Å². The minimum Gasteiger partial charge on any atom is -0.306 e. The molecular weight excluding hydrogens is 248 g/mol. The van der Waals surface area contributed by atoms with Crippen molar-refractivity contribution in [1.29, 1.82) is 0 Å². The van der Waals surface area contributed by atoms with Gasteiger partial charge in [0.25, 0.3) is 0 Å². The van der Waals surface area contributed by atoms with Crippen molar-refractivity contribution >= 4 is 5.65 Å². The van der Waals surface area contributed by atoms with E-state index in [-0.39, 0.29) is 0 Å². The molecule has 3 rings (SSSR count). The summed E-state index contributed by atoms with van der Waals surface area (Å²) in [7, 11) is 0. The lowest BCUT2D eigenvalue weighted by molar-refractivity contribution is 0.656. The van der Waals surface area contributed by atoms with Gasteiger partial charge >= 0.3 is 0 Å². The number of rotatable bonds is 4. The number of fused-ring (bicyclic) bond motifs is 1. The summed E-state index contributed by atoms with van der Waals surface area (Å²) in [5, 5.41) is 11.8. The molecule has 0 atom stereocenters. The van der Waals surface area contributed by atoms with Gasteiger partial charge in [-0.15, -0.1) is 10.2 Å². The molecule has 0 aliphatic rings. The summed E-state index contributed by atoms with van der Waals surface area (Å²) in [6.45, 7) is 5.80. The molecule has 2 heterocycles. The summed E-state index contributed by atoms with van der Waals surface area (Å²) in [5.41, 5.74) is 4.79. The minimum atomic E-state index is 0.707. The van der Waals surface area contributed by atoms with E-state index in [2.05, 4.69) is 47.6 Å². The number of benzene rings is 1. The van der Waals surface area contributed by atoms with Crippen LogP contribution in [0.2, 0.25) is 0 Å². The van der Waals surface area contributed by atoms with E-state index in [0.717, 1.165) is 18.0 Å². The molecule has 0 spiro atoms. The average molecular weight is 266 g/mol. The molecule has 0 unspecified atom stereocenters. The van der Waals surface area contributed by atoms with Gasteiger partial charge in [0, 0.05) is 12.7 Å². The van der Waals surface area contributed by atoms with Crippen LogP contribution in [0.3, 0.4) is 0 Å². The lowest BCUT2D eigenvalue weighted by Crippen LogP contribution is -2.15. The van der Waals surface area contributed by atoms with Gasteiger partial charge in [-0.2, -0.15) is 0 Å². The van der Waals surface area contributed by atoms with E-state index in [1.54, 1.807) is 0 Å². The van der Waals surface area contributed by atoms with E-state index in [1.165, 1.54) is 16.7 Å². The first kappa shape index (κ1) is 12.8. The number of hydrogen-bond acceptors (Lipinski definition) is 3. The van der Waals surface area contributed by atoms with Gasteiger partial charge in [-0.05, 0) is 31.5 Å². The predicted molar refractivity (Wildman–Crippen MR) is 79.4 cm³/mol. The second kappa shape index (κ2) is 5.43. The number of aromatic nitrogens is 3. The lowest BCUT2D eigenvalue weighted by atomic mass is 10.1. The van der Waals surface area contributed by atoms with Crippen molar-refractivity contribution in [3.8, 4) is 0 Å². The molecule has 20 heavy (non-hydrogen) atoms. The second-order valence-corrected chi connectivity index (χ2v) is 5.14. The Labute approximate surface area is 118 Å². The Kier molecular flexibility index (Phi) is 3.48. The first-order valence-corrected chi connectivity index (χ1v) is 6.79. The van der Waals surface area contributed by atoms with Crippen molar-refractivity contribution in [2.75, 3.05) is 0 Å². The first-order valence-electron chi connectivity index (χ1n) is 6.79. The van der Waals surface area contributed by atoms with Crippen molar-refractivity contribution in [3.63, 3.8) is 0 Å². The van der Waals surface area contributed by atoms with E-state index in [4.69, 9.17) is 0 Å². The molecule has 4 heteroatoms. The number of aryl methyl sites for hydroxylation is 2. The van der Waals surface area contributed by atoms with E-state index in [9.17, 15) is 0 Å². The van der Waals surface area contributed by atoms with E-state index >= 15 is 0 Å². The first-order chi connectivity index (χ1) is 9.72. The standard InChI is InChI=1S/C16H18N4/c1-12-7-13(2)9-14(8-12)10-17-11-16-19-18-15-5-3-4-6-20(15)16/h3-9,17H,10-11H2,1-2H3. The molecule has 102 valence electrons. The molecular formula is C16H18N4. The summed E-state index contributed by atoms with van der Waals surface area (Å²) < 4.78 is 2.01. The number of hydrogen-bond donors (Lipinski definition) is 1. The van der Waals surface area contributed by atoms with Crippen LogP contribution in [0.25, 0.3) is 5.65 Å². The average Bonchev–Trinajstić information content (AvgIpc) is 2.81. The third kappa shape index (κ3) is 2.70. The van der Waals surface area contributed by atoms with Crippen LogP contribution in [-0.2, 0) is 13.1 Å². The van der Waals surface area contributed by atoms with Crippen LogP contribution < -0.4 is 5.32 Å². The van der Waals surface area contributed by atoms with Crippen LogP contribution in [0.1, 0.15) is 22.5 Å². The Balaban J connectivity index is 1.68. The van der Waals surface area contributed by atoms with Gasteiger partial charge in [-0.3, -0.25) is 4.40 Å². The summed E-state index contributed by atoms with van der Waals surface area (Å²) in [6, 6.07) is 12.5. The molecule has 1 N–H and O–H groups in total. The van der Waals surface area contributed by atoms with Gasteiger partial charge in [0.1, 0.15) is 0 Å². The third-order valence-electron chi connectivity index (χ3n) is 3.28. The quantitative estimate of drug-likeness (QED) is 0.789. The zero-order valence-corrected chi connectivity index (χ0v) is 11.8. The Morgan fingerprint density at radius 2 is 1.80 bits per heavy atom. The topological polar surface area (TPSA) is 42.2 Å². The van der Waals surface area contributed by atoms with Gasteiger partial charge in [-0.25, -0.2) is 0 Å². The van der Waals surface area contributed by atoms with E-state index in [0.29, 0.717) is 6.54 Å². The van der Waals surface area contributed by atoms with Crippen molar-refractivity contribution in [1.82, 2.24) is 19.9 Å². The minimum absolute atomic E-state index is 0.707. The zero-order chi connectivity index (χ0) is 13.9. The van der Waals surface area contributed by atoms with Crippen molar-refractivity contribution in [3.05, 3.63) is 65.1 Å². The maximum absolute atomic E-state index is 4.21. The Morgan fingerprint density at radius 1 is 1.00 bits per heavy atom. The van der Waals surface area contributed by atoms with Crippen LogP contribution in [0, 0.1) is 13.8 Å². The van der Waals surface area contributed by atoms with Gasteiger partial charge in [0.2, 0.25) is 0 Å². The molecule has 0 saturated heterocycles. The van der Waals surface area contributed by atoms with Gasteiger partial charge < -0.3 is 5.32 Å². The van der Waals surface area contributed by atoms with Crippen molar-refractivity contribution in [2.45, 2.75) is 26.9 Å². The number of nitrogens with one attached hydrogen (secondary N) is 1. The normalized spacial score (nSPS) is 11.1. The molecule has 1 aromatic carbocycles. The number of nitrogens with zero attached hydrogens (tertiary/aromatic N) is 3. The lowest BCUT2D eigenvalue weighted by Gasteiger charge is -2.06. The molecule has 0 radical (unpaired) electrons. The smallest absolute Gasteiger partial charge is 0.160 e. The van der Waals surface area contributed by atoms with Gasteiger partial charge in [0.15, 0.2) is 11.5 Å². The second-order valence-electron chi connectivity index (χ2n) is 5.14. The molecule has 0 saturated carbocycles. The maximum atomic E-state index is 4.21. The largest absolute Gasteiger partial charge is 0.306 e. The molecule has 4 nitrogen and oxygen atoms in total. The fraction of sp³-hybridized carbons (Fsp3) is 0.250. The van der Waals surface area contributed by atoms with Crippen molar-refractivity contribution < 1.29 is 0 Å². The number of pyridine rings is 1. The zero-order valence-electron chi connectivity index (χ0n) is 11.8. The summed E-state index contributed by atoms with van der Waals surface area (Å²) in [4.78, 5) is 0. The highest BCUT2D eigenvalue weighted by atomic mass is 15.3. The maximum Gasteiger partial charge on any atom is 0.160 e. The van der Waals surface area contributed by atoms with Crippen LogP contribution >= 0.6 is 0 Å². The summed E-state index contributed by atoms with van der Waals surface area (Å²) in [5.74, 6) is 0.935. The van der Waals surface area contributed by atoms with E-state index in [1.807, 2.05) is 28.8 Å². The van der Waals surface area contributed by atoms with Crippen LogP contribution in [0.5, 0.6) is 0 Å². The third-order valence-corrected chi connectivity index (χ3v) is 3.28.